The van der Waals surface area contributed by atoms with Crippen LogP contribution in [0.2, 0.25) is 0 Å². The Kier molecular flexibility index (Phi) is 6.83. The average Bonchev–Trinajstić information content (AvgIpc) is 3.27. The van der Waals surface area contributed by atoms with E-state index in [-0.39, 0.29) is 12.1 Å². The summed E-state index contributed by atoms with van der Waals surface area (Å²) >= 11 is 0. The number of rotatable bonds is 5. The Balaban J connectivity index is 1.15. The minimum Gasteiger partial charge on any atom is -0.376 e. The molecular formula is C22H34N4O2. The highest BCUT2D eigenvalue weighted by Gasteiger charge is 2.29. The van der Waals surface area contributed by atoms with E-state index in [0.717, 1.165) is 78.1 Å². The molecule has 0 aromatic heterocycles. The molecule has 28 heavy (non-hydrogen) atoms. The molecule has 0 spiro atoms. The zero-order valence-electron chi connectivity index (χ0n) is 16.9. The van der Waals surface area contributed by atoms with Gasteiger partial charge in [-0.2, -0.15) is 0 Å². The summed E-state index contributed by atoms with van der Waals surface area (Å²) in [6, 6.07) is 11.5. The molecule has 0 aliphatic carbocycles. The quantitative estimate of drug-likeness (QED) is 0.843. The highest BCUT2D eigenvalue weighted by atomic mass is 16.5. The minimum atomic E-state index is 0.0848. The van der Waals surface area contributed by atoms with Gasteiger partial charge in [-0.1, -0.05) is 30.3 Å². The Morgan fingerprint density at radius 1 is 1.00 bits per heavy atom. The lowest BCUT2D eigenvalue weighted by Crippen LogP contribution is -2.54. The van der Waals surface area contributed by atoms with Crippen LogP contribution < -0.4 is 5.32 Å². The van der Waals surface area contributed by atoms with E-state index >= 15 is 0 Å². The maximum atomic E-state index is 12.4. The third-order valence-corrected chi connectivity index (χ3v) is 6.43. The van der Waals surface area contributed by atoms with Gasteiger partial charge in [0.05, 0.1) is 6.10 Å². The van der Waals surface area contributed by atoms with Gasteiger partial charge in [0.15, 0.2) is 0 Å². The Hall–Kier alpha value is -1.63. The van der Waals surface area contributed by atoms with Crippen molar-refractivity contribution in [3.05, 3.63) is 35.9 Å². The Morgan fingerprint density at radius 2 is 1.75 bits per heavy atom. The summed E-state index contributed by atoms with van der Waals surface area (Å²) in [4.78, 5) is 19.6. The molecule has 2 amide bonds. The highest BCUT2D eigenvalue weighted by molar-refractivity contribution is 5.74. The number of piperidine rings is 1. The van der Waals surface area contributed by atoms with Gasteiger partial charge in [0, 0.05) is 65.0 Å². The standard InChI is InChI=1S/C22H34N4O2/c27-22(23-17-21-7-4-16-28-21)26-10-8-20(9-11-26)25-14-12-24(13-15-25)18-19-5-2-1-3-6-19/h1-3,5-6,20-21H,4,7-18H2,(H,23,27)/t21-/m0/s1. The van der Waals surface area contributed by atoms with E-state index in [9.17, 15) is 4.79 Å². The second kappa shape index (κ2) is 9.72. The molecule has 6 heteroatoms. The van der Waals surface area contributed by atoms with E-state index in [1.54, 1.807) is 0 Å². The summed E-state index contributed by atoms with van der Waals surface area (Å²) in [5.41, 5.74) is 1.40. The van der Waals surface area contributed by atoms with Gasteiger partial charge in [-0.15, -0.1) is 0 Å². The van der Waals surface area contributed by atoms with Crippen molar-refractivity contribution in [2.45, 2.75) is 44.4 Å². The topological polar surface area (TPSA) is 48.1 Å². The van der Waals surface area contributed by atoms with Gasteiger partial charge in [0.2, 0.25) is 0 Å². The minimum absolute atomic E-state index is 0.0848. The number of ether oxygens (including phenoxy) is 1. The molecule has 6 nitrogen and oxygen atoms in total. The van der Waals surface area contributed by atoms with E-state index in [0.29, 0.717) is 12.6 Å². The maximum absolute atomic E-state index is 12.4. The van der Waals surface area contributed by atoms with Crippen LogP contribution in [0.15, 0.2) is 30.3 Å². The number of piperazine rings is 1. The number of urea groups is 1. The van der Waals surface area contributed by atoms with Crippen molar-refractivity contribution in [1.29, 1.82) is 0 Å². The Bertz CT molecular complexity index is 604. The van der Waals surface area contributed by atoms with Crippen molar-refractivity contribution in [2.24, 2.45) is 0 Å². The summed E-state index contributed by atoms with van der Waals surface area (Å²) in [5, 5.41) is 3.06. The van der Waals surface area contributed by atoms with Gasteiger partial charge in [-0.25, -0.2) is 4.79 Å². The van der Waals surface area contributed by atoms with E-state index in [4.69, 9.17) is 4.74 Å². The van der Waals surface area contributed by atoms with Crippen LogP contribution in [-0.4, -0.2) is 85.3 Å². The van der Waals surface area contributed by atoms with Crippen LogP contribution in [0.3, 0.4) is 0 Å². The molecule has 3 heterocycles. The van der Waals surface area contributed by atoms with E-state index in [1.807, 2.05) is 4.90 Å². The second-order valence-corrected chi connectivity index (χ2v) is 8.34. The molecule has 1 aromatic rings. The molecule has 3 fully saturated rings. The summed E-state index contributed by atoms with van der Waals surface area (Å²) in [6.07, 6.45) is 4.58. The Labute approximate surface area is 168 Å². The number of hydrogen-bond acceptors (Lipinski definition) is 4. The lowest BCUT2D eigenvalue weighted by Gasteiger charge is -2.42. The molecule has 3 aliphatic rings. The molecule has 1 atom stereocenters. The molecule has 4 rings (SSSR count). The molecule has 3 aliphatic heterocycles. The number of carbonyl (C=O) groups excluding carboxylic acids is 1. The molecule has 0 bridgehead atoms. The number of carbonyl (C=O) groups is 1. The first kappa shape index (κ1) is 19.7. The first-order valence-electron chi connectivity index (χ1n) is 10.9. The van der Waals surface area contributed by atoms with Crippen molar-refractivity contribution in [3.8, 4) is 0 Å². The van der Waals surface area contributed by atoms with Crippen molar-refractivity contribution in [3.63, 3.8) is 0 Å². The van der Waals surface area contributed by atoms with Crippen molar-refractivity contribution < 1.29 is 9.53 Å². The van der Waals surface area contributed by atoms with Gasteiger partial charge in [-0.3, -0.25) is 9.80 Å². The van der Waals surface area contributed by atoms with Gasteiger partial charge >= 0.3 is 6.03 Å². The molecule has 0 unspecified atom stereocenters. The zero-order valence-corrected chi connectivity index (χ0v) is 16.9. The number of amides is 2. The van der Waals surface area contributed by atoms with Crippen LogP contribution in [0, 0.1) is 0 Å². The van der Waals surface area contributed by atoms with Gasteiger partial charge in [-0.05, 0) is 31.2 Å². The largest absolute Gasteiger partial charge is 0.376 e. The third-order valence-electron chi connectivity index (χ3n) is 6.43. The van der Waals surface area contributed by atoms with E-state index in [2.05, 4.69) is 45.4 Å². The molecule has 154 valence electrons. The van der Waals surface area contributed by atoms with Crippen molar-refractivity contribution in [2.75, 3.05) is 52.4 Å². The maximum Gasteiger partial charge on any atom is 0.317 e. The molecule has 3 saturated heterocycles. The second-order valence-electron chi connectivity index (χ2n) is 8.34. The summed E-state index contributed by atoms with van der Waals surface area (Å²) in [5.74, 6) is 0. The first-order valence-corrected chi connectivity index (χ1v) is 10.9. The highest BCUT2D eigenvalue weighted by Crippen LogP contribution is 2.19. The predicted octanol–water partition coefficient (Wildman–Crippen LogP) is 2.16. The van der Waals surface area contributed by atoms with Gasteiger partial charge < -0.3 is 15.0 Å². The fourth-order valence-electron chi connectivity index (χ4n) is 4.68. The van der Waals surface area contributed by atoms with Gasteiger partial charge in [0.25, 0.3) is 0 Å². The zero-order chi connectivity index (χ0) is 19.2. The lowest BCUT2D eigenvalue weighted by atomic mass is 10.0. The summed E-state index contributed by atoms with van der Waals surface area (Å²) in [7, 11) is 0. The van der Waals surface area contributed by atoms with E-state index in [1.165, 1.54) is 5.56 Å². The number of benzene rings is 1. The van der Waals surface area contributed by atoms with Crippen LogP contribution in [-0.2, 0) is 11.3 Å². The lowest BCUT2D eigenvalue weighted by molar-refractivity contribution is 0.0617. The van der Waals surface area contributed by atoms with Crippen LogP contribution in [0.25, 0.3) is 0 Å². The normalized spacial score (nSPS) is 25.1. The SMILES string of the molecule is O=C(NC[C@@H]1CCCO1)N1CCC(N2CCN(Cc3ccccc3)CC2)CC1. The number of likely N-dealkylation sites (tertiary alicyclic amines) is 1. The summed E-state index contributed by atoms with van der Waals surface area (Å²) < 4.78 is 5.59. The average molecular weight is 387 g/mol. The van der Waals surface area contributed by atoms with Crippen LogP contribution in [0.5, 0.6) is 0 Å². The number of nitrogens with zero attached hydrogens (tertiary/aromatic N) is 3. The van der Waals surface area contributed by atoms with Crippen LogP contribution in [0.4, 0.5) is 4.79 Å². The molecular weight excluding hydrogens is 352 g/mol. The van der Waals surface area contributed by atoms with Crippen LogP contribution >= 0.6 is 0 Å². The number of nitrogens with one attached hydrogen (secondary N) is 1. The third kappa shape index (κ3) is 5.25. The van der Waals surface area contributed by atoms with E-state index < -0.39 is 0 Å². The number of hydrogen-bond donors (Lipinski definition) is 1. The molecule has 0 saturated carbocycles. The summed E-state index contributed by atoms with van der Waals surface area (Å²) in [6.45, 7) is 8.84. The molecule has 0 radical (unpaired) electrons. The predicted molar refractivity (Wildman–Crippen MR) is 110 cm³/mol. The Morgan fingerprint density at radius 3 is 2.43 bits per heavy atom. The van der Waals surface area contributed by atoms with Crippen molar-refractivity contribution >= 4 is 6.03 Å². The van der Waals surface area contributed by atoms with Gasteiger partial charge in [0.1, 0.15) is 0 Å². The smallest absolute Gasteiger partial charge is 0.317 e. The molecule has 1 N–H and O–H groups in total. The fourth-order valence-corrected chi connectivity index (χ4v) is 4.68. The fraction of sp³-hybridized carbons (Fsp3) is 0.682. The van der Waals surface area contributed by atoms with Crippen LogP contribution in [0.1, 0.15) is 31.2 Å². The molecule has 1 aromatic carbocycles. The van der Waals surface area contributed by atoms with Crippen molar-refractivity contribution in [1.82, 2.24) is 20.0 Å². The first-order chi connectivity index (χ1) is 13.8. The monoisotopic (exact) mass is 386 g/mol.